The molecule has 0 aromatic carbocycles. The minimum atomic E-state index is -0.253. The van der Waals surface area contributed by atoms with E-state index in [1.165, 1.54) is 0 Å². The second kappa shape index (κ2) is 2.66. The van der Waals surface area contributed by atoms with Crippen molar-refractivity contribution in [1.82, 2.24) is 20.1 Å². The maximum absolute atomic E-state index is 10.5. The van der Waals surface area contributed by atoms with Crippen LogP contribution in [0.4, 0.5) is 0 Å². The highest BCUT2D eigenvalue weighted by Crippen LogP contribution is 1.86. The molecule has 5 heteroatoms. The maximum Gasteiger partial charge on any atom is 0.340 e. The molecule has 0 unspecified atom stereocenters. The third-order valence-corrected chi connectivity index (χ3v) is 1.02. The van der Waals surface area contributed by atoms with Gasteiger partial charge in [0.05, 0.1) is 6.54 Å². The number of aromatic nitrogens is 3. The zero-order valence-electron chi connectivity index (χ0n) is 6.01. The number of H-pyrrole nitrogens is 2. The lowest BCUT2D eigenvalue weighted by Crippen LogP contribution is -2.12. The van der Waals surface area contributed by atoms with Gasteiger partial charge in [0.2, 0.25) is 0 Å². The van der Waals surface area contributed by atoms with E-state index in [4.69, 9.17) is 0 Å². The first kappa shape index (κ1) is 7.01. The van der Waals surface area contributed by atoms with Gasteiger partial charge >= 0.3 is 5.69 Å². The second-order valence-electron chi connectivity index (χ2n) is 2.36. The number of aromatic amines is 2. The van der Waals surface area contributed by atoms with Gasteiger partial charge in [0, 0.05) is 0 Å². The second-order valence-corrected chi connectivity index (χ2v) is 2.36. The summed E-state index contributed by atoms with van der Waals surface area (Å²) in [4.78, 5) is 14.9. The largest absolute Gasteiger partial charge is 0.340 e. The van der Waals surface area contributed by atoms with Crippen LogP contribution in [0.3, 0.4) is 0 Å². The molecule has 1 heterocycles. The molecule has 1 aromatic rings. The van der Waals surface area contributed by atoms with Gasteiger partial charge in [0.1, 0.15) is 5.82 Å². The third kappa shape index (κ3) is 1.70. The van der Waals surface area contributed by atoms with Crippen LogP contribution in [-0.4, -0.2) is 34.2 Å². The molecule has 0 aliphatic heterocycles. The summed E-state index contributed by atoms with van der Waals surface area (Å²) in [6, 6.07) is 0. The van der Waals surface area contributed by atoms with Crippen LogP contribution in [0.25, 0.3) is 0 Å². The van der Waals surface area contributed by atoms with Crippen molar-refractivity contribution in [1.29, 1.82) is 0 Å². The molecule has 10 heavy (non-hydrogen) atoms. The number of nitrogens with one attached hydrogen (secondary N) is 2. The highest BCUT2D eigenvalue weighted by Gasteiger charge is 1.97. The Balaban J connectivity index is 2.67. The van der Waals surface area contributed by atoms with Gasteiger partial charge < -0.3 is 4.90 Å². The Hall–Kier alpha value is -1.10. The zero-order valence-corrected chi connectivity index (χ0v) is 6.01. The molecule has 1 rings (SSSR count). The molecule has 0 aliphatic rings. The molecular formula is C5H10N4O. The van der Waals surface area contributed by atoms with Crippen molar-refractivity contribution in [2.45, 2.75) is 6.54 Å². The quantitative estimate of drug-likeness (QED) is 0.566. The number of hydrogen-bond acceptors (Lipinski definition) is 3. The smallest absolute Gasteiger partial charge is 0.302 e. The minimum absolute atomic E-state index is 0.253. The standard InChI is InChI=1S/C5H10N4O/c1-9(2)3-4-6-5(10)8-7-4/h3H2,1-2H3,(H2,6,7,8,10). The van der Waals surface area contributed by atoms with Gasteiger partial charge in [-0.25, -0.2) is 9.89 Å². The Bertz CT molecular complexity index is 248. The topological polar surface area (TPSA) is 64.8 Å². The summed E-state index contributed by atoms with van der Waals surface area (Å²) in [5.41, 5.74) is -0.253. The summed E-state index contributed by atoms with van der Waals surface area (Å²) in [6.45, 7) is 0.652. The van der Waals surface area contributed by atoms with Crippen LogP contribution in [0.5, 0.6) is 0 Å². The Morgan fingerprint density at radius 3 is 2.70 bits per heavy atom. The molecule has 0 saturated heterocycles. The molecule has 1 aromatic heterocycles. The number of rotatable bonds is 2. The van der Waals surface area contributed by atoms with E-state index in [0.717, 1.165) is 0 Å². The SMILES string of the molecule is CN(C)Cc1n[nH]c(=O)[nH]1. The summed E-state index contributed by atoms with van der Waals surface area (Å²) in [5, 5.41) is 6.01. The molecule has 2 N–H and O–H groups in total. The average molecular weight is 142 g/mol. The molecule has 0 fully saturated rings. The number of nitrogens with zero attached hydrogens (tertiary/aromatic N) is 2. The highest BCUT2D eigenvalue weighted by molar-refractivity contribution is 4.78. The molecule has 5 nitrogen and oxygen atoms in total. The van der Waals surface area contributed by atoms with Gasteiger partial charge in [-0.2, -0.15) is 5.10 Å². The molecule has 0 saturated carbocycles. The summed E-state index contributed by atoms with van der Waals surface area (Å²) >= 11 is 0. The van der Waals surface area contributed by atoms with Crippen LogP contribution >= 0.6 is 0 Å². The molecule has 0 radical (unpaired) electrons. The van der Waals surface area contributed by atoms with Crippen molar-refractivity contribution < 1.29 is 0 Å². The lowest BCUT2D eigenvalue weighted by atomic mass is 10.6. The van der Waals surface area contributed by atoms with Crippen LogP contribution in [0.15, 0.2) is 4.79 Å². The van der Waals surface area contributed by atoms with E-state index in [1.54, 1.807) is 0 Å². The summed E-state index contributed by atoms with van der Waals surface area (Å²) in [5.74, 6) is 0.662. The summed E-state index contributed by atoms with van der Waals surface area (Å²) in [6.07, 6.45) is 0. The maximum atomic E-state index is 10.5. The first-order valence-corrected chi connectivity index (χ1v) is 2.97. The van der Waals surface area contributed by atoms with E-state index in [-0.39, 0.29) is 5.69 Å². The van der Waals surface area contributed by atoms with Crippen LogP contribution in [0, 0.1) is 0 Å². The number of hydrogen-bond donors (Lipinski definition) is 2. The first-order valence-electron chi connectivity index (χ1n) is 2.97. The highest BCUT2D eigenvalue weighted by atomic mass is 16.1. The van der Waals surface area contributed by atoms with Crippen LogP contribution in [-0.2, 0) is 6.54 Å². The summed E-state index contributed by atoms with van der Waals surface area (Å²) in [7, 11) is 3.82. The fourth-order valence-electron chi connectivity index (χ4n) is 0.680. The van der Waals surface area contributed by atoms with E-state index in [0.29, 0.717) is 12.4 Å². The predicted molar refractivity (Wildman–Crippen MR) is 36.6 cm³/mol. The monoisotopic (exact) mass is 142 g/mol. The van der Waals surface area contributed by atoms with Gasteiger partial charge in [-0.05, 0) is 14.1 Å². The van der Waals surface area contributed by atoms with Crippen LogP contribution in [0.2, 0.25) is 0 Å². The fourth-order valence-corrected chi connectivity index (χ4v) is 0.680. The van der Waals surface area contributed by atoms with E-state index < -0.39 is 0 Å². The normalized spacial score (nSPS) is 10.7. The van der Waals surface area contributed by atoms with Crippen molar-refractivity contribution in [3.8, 4) is 0 Å². The first-order chi connectivity index (χ1) is 4.68. The van der Waals surface area contributed by atoms with Gasteiger partial charge in [-0.3, -0.25) is 4.98 Å². The molecule has 56 valence electrons. The Morgan fingerprint density at radius 2 is 2.30 bits per heavy atom. The van der Waals surface area contributed by atoms with Crippen LogP contribution in [0.1, 0.15) is 5.82 Å². The zero-order chi connectivity index (χ0) is 7.56. The molecule has 0 aliphatic carbocycles. The van der Waals surface area contributed by atoms with Crippen LogP contribution < -0.4 is 5.69 Å². The molecule has 0 amide bonds. The summed E-state index contributed by atoms with van der Waals surface area (Å²) < 4.78 is 0. The molecule has 0 bridgehead atoms. The van der Waals surface area contributed by atoms with Gasteiger partial charge in [-0.1, -0.05) is 0 Å². The van der Waals surface area contributed by atoms with E-state index in [2.05, 4.69) is 15.2 Å². The van der Waals surface area contributed by atoms with E-state index in [9.17, 15) is 4.79 Å². The molecule has 0 atom stereocenters. The van der Waals surface area contributed by atoms with Crippen molar-refractivity contribution in [2.24, 2.45) is 0 Å². The average Bonchev–Trinajstić information content (AvgIpc) is 2.13. The Kier molecular flexibility index (Phi) is 1.86. The Morgan fingerprint density at radius 1 is 1.60 bits per heavy atom. The minimum Gasteiger partial charge on any atom is -0.302 e. The lowest BCUT2D eigenvalue weighted by Gasteiger charge is -2.03. The van der Waals surface area contributed by atoms with Crippen molar-refractivity contribution in [3.63, 3.8) is 0 Å². The lowest BCUT2D eigenvalue weighted by molar-refractivity contribution is 0.391. The third-order valence-electron chi connectivity index (χ3n) is 1.02. The molecular weight excluding hydrogens is 132 g/mol. The van der Waals surface area contributed by atoms with Crippen molar-refractivity contribution in [3.05, 3.63) is 16.3 Å². The van der Waals surface area contributed by atoms with E-state index in [1.807, 2.05) is 19.0 Å². The van der Waals surface area contributed by atoms with Gasteiger partial charge in [0.25, 0.3) is 0 Å². The van der Waals surface area contributed by atoms with Crippen molar-refractivity contribution >= 4 is 0 Å². The Labute approximate surface area is 58.1 Å². The van der Waals surface area contributed by atoms with E-state index >= 15 is 0 Å². The fraction of sp³-hybridized carbons (Fsp3) is 0.600. The van der Waals surface area contributed by atoms with Crippen molar-refractivity contribution in [2.75, 3.05) is 14.1 Å². The van der Waals surface area contributed by atoms with Gasteiger partial charge in [-0.15, -0.1) is 0 Å². The molecule has 0 spiro atoms. The van der Waals surface area contributed by atoms with Gasteiger partial charge in [0.15, 0.2) is 0 Å². The predicted octanol–water partition coefficient (Wildman–Crippen LogP) is -0.840.